The smallest absolute Gasteiger partial charge is 0.285 e. The first-order chi connectivity index (χ1) is 11.8. The van der Waals surface area contributed by atoms with Crippen LogP contribution in [0.2, 0.25) is 5.02 Å². The number of rotatable bonds is 4. The summed E-state index contributed by atoms with van der Waals surface area (Å²) in [5, 5.41) is 2.34. The molecule has 25 heavy (non-hydrogen) atoms. The van der Waals surface area contributed by atoms with E-state index in [-0.39, 0.29) is 10.6 Å². The lowest BCUT2D eigenvalue weighted by Crippen LogP contribution is -2.31. The molecule has 0 aliphatic carbocycles. The number of halogens is 1. The first-order valence-electron chi connectivity index (χ1n) is 7.19. The van der Waals surface area contributed by atoms with Crippen molar-refractivity contribution in [2.75, 3.05) is 0 Å². The van der Waals surface area contributed by atoms with E-state index in [1.165, 1.54) is 23.6 Å². The number of aryl methyl sites for hydroxylation is 2. The van der Waals surface area contributed by atoms with E-state index in [9.17, 15) is 13.2 Å². The van der Waals surface area contributed by atoms with E-state index in [1.807, 2.05) is 5.38 Å². The number of hydrogen-bond donors (Lipinski definition) is 1. The molecule has 0 spiro atoms. The third-order valence-electron chi connectivity index (χ3n) is 3.54. The van der Waals surface area contributed by atoms with Gasteiger partial charge in [0.05, 0.1) is 14.8 Å². The van der Waals surface area contributed by atoms with E-state index in [0.29, 0.717) is 21.3 Å². The van der Waals surface area contributed by atoms with E-state index < -0.39 is 15.9 Å². The van der Waals surface area contributed by atoms with Crippen molar-refractivity contribution in [3.05, 3.63) is 58.2 Å². The molecule has 0 radical (unpaired) electrons. The molecular formula is C16H14ClN3O3S2. The quantitative estimate of drug-likeness (QED) is 0.735. The predicted octanol–water partition coefficient (Wildman–Crippen LogP) is 3.23. The third kappa shape index (κ3) is 3.46. The maximum atomic E-state index is 12.4. The maximum Gasteiger partial charge on any atom is 0.285 e. The largest absolute Gasteiger partial charge is 0.332 e. The van der Waals surface area contributed by atoms with Crippen LogP contribution in [0.25, 0.3) is 10.7 Å². The zero-order chi connectivity index (χ0) is 18.2. The molecule has 1 amide bonds. The van der Waals surface area contributed by atoms with E-state index in [2.05, 4.69) is 9.71 Å². The predicted molar refractivity (Wildman–Crippen MR) is 97.4 cm³/mol. The molecule has 3 aromatic rings. The summed E-state index contributed by atoms with van der Waals surface area (Å²) in [5.74, 6) is -0.295. The van der Waals surface area contributed by atoms with Crippen molar-refractivity contribution in [2.24, 2.45) is 7.05 Å². The molecular weight excluding hydrogens is 382 g/mol. The number of amides is 1. The van der Waals surface area contributed by atoms with E-state index in [1.54, 1.807) is 42.8 Å². The number of carbonyl (C=O) groups is 1. The Morgan fingerprint density at radius 2 is 2.00 bits per heavy atom. The topological polar surface area (TPSA) is 81.1 Å². The fourth-order valence-corrected chi connectivity index (χ4v) is 4.71. The van der Waals surface area contributed by atoms with Crippen molar-refractivity contribution in [2.45, 2.75) is 11.8 Å². The van der Waals surface area contributed by atoms with Gasteiger partial charge in [0.15, 0.2) is 5.82 Å². The molecule has 130 valence electrons. The van der Waals surface area contributed by atoms with E-state index in [0.717, 1.165) is 0 Å². The van der Waals surface area contributed by atoms with Crippen LogP contribution in [0.3, 0.4) is 0 Å². The van der Waals surface area contributed by atoms with E-state index >= 15 is 0 Å². The summed E-state index contributed by atoms with van der Waals surface area (Å²) in [6.07, 6.45) is 1.47. The van der Waals surface area contributed by atoms with Crippen molar-refractivity contribution >= 4 is 38.9 Å². The minimum atomic E-state index is -3.98. The first-order valence-corrected chi connectivity index (χ1v) is 9.93. The van der Waals surface area contributed by atoms with Crippen LogP contribution in [0.15, 0.2) is 46.8 Å². The minimum absolute atomic E-state index is 0.000809. The summed E-state index contributed by atoms with van der Waals surface area (Å²) >= 11 is 7.49. The van der Waals surface area contributed by atoms with Crippen molar-refractivity contribution < 1.29 is 13.2 Å². The Bertz CT molecular complexity index is 1050. The highest BCUT2D eigenvalue weighted by atomic mass is 35.5. The summed E-state index contributed by atoms with van der Waals surface area (Å²) in [7, 11) is -2.26. The Hall–Kier alpha value is -2.16. The monoisotopic (exact) mass is 395 g/mol. The number of aromatic nitrogens is 2. The van der Waals surface area contributed by atoms with Gasteiger partial charge in [-0.05, 0) is 30.0 Å². The van der Waals surface area contributed by atoms with Gasteiger partial charge in [0.1, 0.15) is 5.69 Å². The summed E-state index contributed by atoms with van der Waals surface area (Å²) in [4.78, 5) is 17.4. The van der Waals surface area contributed by atoms with Crippen LogP contribution in [0.4, 0.5) is 0 Å². The Balaban J connectivity index is 1.90. The van der Waals surface area contributed by atoms with Crippen LogP contribution in [-0.2, 0) is 17.1 Å². The fraction of sp³-hybridized carbons (Fsp3) is 0.125. The second kappa shape index (κ2) is 6.62. The number of nitrogens with zero attached hydrogens (tertiary/aromatic N) is 2. The number of imidazole rings is 1. The van der Waals surface area contributed by atoms with Gasteiger partial charge in [-0.3, -0.25) is 4.79 Å². The SMILES string of the molecule is Cc1ccccc1S(=O)(=O)NC(=O)c1cn(C)c(-c2sccc2Cl)n1. The number of benzene rings is 1. The molecule has 1 N–H and O–H groups in total. The van der Waals surface area contributed by atoms with Crippen LogP contribution in [0, 0.1) is 6.92 Å². The molecule has 2 aromatic heterocycles. The van der Waals surface area contributed by atoms with Gasteiger partial charge in [-0.25, -0.2) is 18.1 Å². The Kier molecular flexibility index (Phi) is 4.68. The Labute approximate surface area is 154 Å². The van der Waals surface area contributed by atoms with Crippen LogP contribution in [0.1, 0.15) is 16.1 Å². The zero-order valence-corrected chi connectivity index (χ0v) is 15.7. The zero-order valence-electron chi connectivity index (χ0n) is 13.4. The summed E-state index contributed by atoms with van der Waals surface area (Å²) in [5.41, 5.74) is 0.550. The highest BCUT2D eigenvalue weighted by Crippen LogP contribution is 2.32. The van der Waals surface area contributed by atoms with Crippen LogP contribution >= 0.6 is 22.9 Å². The average molecular weight is 396 g/mol. The molecule has 0 unspecified atom stereocenters. The fourth-order valence-electron chi connectivity index (χ4n) is 2.33. The van der Waals surface area contributed by atoms with Gasteiger partial charge >= 0.3 is 0 Å². The van der Waals surface area contributed by atoms with Gasteiger partial charge in [0.2, 0.25) is 0 Å². The van der Waals surface area contributed by atoms with E-state index in [4.69, 9.17) is 11.6 Å². The summed E-state index contributed by atoms with van der Waals surface area (Å²) in [6, 6.07) is 8.17. The molecule has 0 aliphatic rings. The number of carbonyl (C=O) groups excluding carboxylic acids is 1. The van der Waals surface area contributed by atoms with Crippen LogP contribution in [0.5, 0.6) is 0 Å². The Morgan fingerprint density at radius 1 is 1.28 bits per heavy atom. The summed E-state index contributed by atoms with van der Waals surface area (Å²) in [6.45, 7) is 1.66. The molecule has 0 atom stereocenters. The first kappa shape index (κ1) is 17.7. The van der Waals surface area contributed by atoms with Gasteiger partial charge in [-0.1, -0.05) is 29.8 Å². The Morgan fingerprint density at radius 3 is 2.64 bits per heavy atom. The molecule has 1 aromatic carbocycles. The molecule has 0 bridgehead atoms. The second-order valence-corrected chi connectivity index (χ2v) is 8.33. The van der Waals surface area contributed by atoms with Crippen LogP contribution < -0.4 is 4.72 Å². The third-order valence-corrected chi connectivity index (χ3v) is 6.37. The van der Waals surface area contributed by atoms with Crippen molar-refractivity contribution in [3.63, 3.8) is 0 Å². The van der Waals surface area contributed by atoms with Crippen molar-refractivity contribution in [3.8, 4) is 10.7 Å². The highest BCUT2D eigenvalue weighted by molar-refractivity contribution is 7.90. The van der Waals surface area contributed by atoms with Gasteiger partial charge < -0.3 is 4.57 Å². The molecule has 9 heteroatoms. The number of sulfonamides is 1. The molecule has 6 nitrogen and oxygen atoms in total. The molecule has 3 rings (SSSR count). The standard InChI is InChI=1S/C16H14ClN3O3S2/c1-10-5-3-4-6-13(10)25(22,23)19-16(21)12-9-20(2)15(18-12)14-11(17)7-8-24-14/h3-9H,1-2H3,(H,19,21). The lowest BCUT2D eigenvalue weighted by molar-refractivity contribution is 0.0977. The molecule has 0 saturated heterocycles. The highest BCUT2D eigenvalue weighted by Gasteiger charge is 2.23. The number of nitrogens with one attached hydrogen (secondary N) is 1. The normalized spacial score (nSPS) is 11.5. The average Bonchev–Trinajstić information content (AvgIpc) is 3.12. The molecule has 0 saturated carbocycles. The second-order valence-electron chi connectivity index (χ2n) is 5.36. The number of hydrogen-bond acceptors (Lipinski definition) is 5. The van der Waals surface area contributed by atoms with Crippen molar-refractivity contribution in [1.82, 2.24) is 14.3 Å². The van der Waals surface area contributed by atoms with Crippen LogP contribution in [-0.4, -0.2) is 23.9 Å². The molecule has 0 fully saturated rings. The van der Waals surface area contributed by atoms with Gasteiger partial charge in [-0.15, -0.1) is 11.3 Å². The number of thiophene rings is 1. The summed E-state index contributed by atoms with van der Waals surface area (Å²) < 4.78 is 28.5. The van der Waals surface area contributed by atoms with Crippen molar-refractivity contribution in [1.29, 1.82) is 0 Å². The molecule has 2 heterocycles. The van der Waals surface area contributed by atoms with Gasteiger partial charge in [0, 0.05) is 13.2 Å². The maximum absolute atomic E-state index is 12.4. The van der Waals surface area contributed by atoms with Gasteiger partial charge in [0.25, 0.3) is 15.9 Å². The lowest BCUT2D eigenvalue weighted by atomic mass is 10.2. The minimum Gasteiger partial charge on any atom is -0.332 e. The lowest BCUT2D eigenvalue weighted by Gasteiger charge is -2.07. The van der Waals surface area contributed by atoms with Gasteiger partial charge in [-0.2, -0.15) is 0 Å². The molecule has 0 aliphatic heterocycles.